The van der Waals surface area contributed by atoms with Gasteiger partial charge in [-0.2, -0.15) is 0 Å². The van der Waals surface area contributed by atoms with Crippen molar-refractivity contribution in [3.63, 3.8) is 0 Å². The monoisotopic (exact) mass is 573 g/mol. The number of pyridine rings is 1. The van der Waals surface area contributed by atoms with E-state index in [0.717, 1.165) is 52.0 Å². The second-order valence-electron chi connectivity index (χ2n) is 11.3. The number of aromatic amines is 1. The number of hydrogen-bond donors (Lipinski definition) is 2. The maximum Gasteiger partial charge on any atom is 0.256 e. The molecule has 9 nitrogen and oxygen atoms in total. The molecule has 3 aliphatic heterocycles. The van der Waals surface area contributed by atoms with Crippen molar-refractivity contribution in [3.05, 3.63) is 49.9 Å². The normalized spacial score (nSPS) is 22.7. The molecule has 0 saturated carbocycles. The average molecular weight is 574 g/mol. The van der Waals surface area contributed by atoms with Crippen molar-refractivity contribution in [2.75, 3.05) is 40.0 Å². The lowest BCUT2D eigenvalue weighted by molar-refractivity contribution is 0.0781. The Morgan fingerprint density at radius 2 is 1.95 bits per heavy atom. The molecule has 40 heavy (non-hydrogen) atoms. The van der Waals surface area contributed by atoms with Gasteiger partial charge < -0.3 is 29.2 Å². The number of benzene rings is 1. The highest BCUT2D eigenvalue weighted by molar-refractivity contribution is 6.32. The first-order valence-corrected chi connectivity index (χ1v) is 14.7. The number of rotatable bonds is 10. The second kappa shape index (κ2) is 12.4. The summed E-state index contributed by atoms with van der Waals surface area (Å²) >= 11 is 6.52. The quantitative estimate of drug-likeness (QED) is 0.438. The van der Waals surface area contributed by atoms with Gasteiger partial charge >= 0.3 is 0 Å². The van der Waals surface area contributed by atoms with Crippen LogP contribution in [0.4, 0.5) is 0 Å². The Balaban J connectivity index is 1.20. The molecule has 3 aliphatic rings. The molecule has 2 aromatic rings. The number of carbonyl (C=O) groups is 1. The molecule has 218 valence electrons. The van der Waals surface area contributed by atoms with Gasteiger partial charge in [0.05, 0.1) is 37.5 Å². The zero-order chi connectivity index (χ0) is 28.4. The zero-order valence-corrected chi connectivity index (χ0v) is 24.6. The van der Waals surface area contributed by atoms with E-state index in [2.05, 4.69) is 22.1 Å². The summed E-state index contributed by atoms with van der Waals surface area (Å²) in [7, 11) is 1.50. The first-order valence-electron chi connectivity index (χ1n) is 14.3. The highest BCUT2D eigenvalue weighted by Crippen LogP contribution is 2.43. The van der Waals surface area contributed by atoms with Crippen LogP contribution in [0.1, 0.15) is 59.8 Å². The number of amides is 1. The van der Waals surface area contributed by atoms with Crippen molar-refractivity contribution in [3.8, 4) is 17.2 Å². The highest BCUT2D eigenvalue weighted by Gasteiger charge is 2.39. The number of nitrogens with one attached hydrogen (secondary N) is 2. The Kier molecular flexibility index (Phi) is 8.92. The molecular formula is C30H40ClN3O6. The lowest BCUT2D eigenvalue weighted by Gasteiger charge is -2.31. The summed E-state index contributed by atoms with van der Waals surface area (Å²) in [5.74, 6) is 2.44. The minimum Gasteiger partial charge on any atom is -0.496 e. The molecular weight excluding hydrogens is 534 g/mol. The van der Waals surface area contributed by atoms with Crippen LogP contribution in [0.3, 0.4) is 0 Å². The number of aromatic nitrogens is 1. The average Bonchev–Trinajstić information content (AvgIpc) is 3.55. The molecule has 5 rings (SSSR count). The molecule has 0 bridgehead atoms. The number of H-pyrrole nitrogens is 1. The fourth-order valence-corrected chi connectivity index (χ4v) is 6.53. The molecule has 2 saturated heterocycles. The van der Waals surface area contributed by atoms with E-state index < -0.39 is 0 Å². The molecule has 2 fully saturated rings. The van der Waals surface area contributed by atoms with Gasteiger partial charge in [0.25, 0.3) is 11.5 Å². The largest absolute Gasteiger partial charge is 0.496 e. The van der Waals surface area contributed by atoms with E-state index in [1.54, 1.807) is 19.1 Å². The third-order valence-corrected chi connectivity index (χ3v) is 8.86. The Morgan fingerprint density at radius 3 is 2.65 bits per heavy atom. The van der Waals surface area contributed by atoms with Crippen LogP contribution in [0, 0.1) is 25.7 Å². The van der Waals surface area contributed by atoms with Crippen molar-refractivity contribution in [2.45, 2.75) is 65.1 Å². The number of fused-ring (bicyclic) bond motifs is 2. The topological polar surface area (TPSA) is 102 Å². The van der Waals surface area contributed by atoms with Gasteiger partial charge in [0, 0.05) is 47.8 Å². The van der Waals surface area contributed by atoms with Gasteiger partial charge in [-0.3, -0.25) is 14.5 Å². The number of likely N-dealkylation sites (tertiary alicyclic amines) is 1. The van der Waals surface area contributed by atoms with Gasteiger partial charge in [0.2, 0.25) is 0 Å². The minimum atomic E-state index is -0.360. The fraction of sp³-hybridized carbons (Fsp3) is 0.600. The van der Waals surface area contributed by atoms with Crippen molar-refractivity contribution in [1.29, 1.82) is 0 Å². The van der Waals surface area contributed by atoms with Crippen molar-refractivity contribution in [2.24, 2.45) is 11.8 Å². The molecule has 1 amide bonds. The van der Waals surface area contributed by atoms with Gasteiger partial charge in [-0.1, -0.05) is 18.5 Å². The number of ether oxygens (including phenoxy) is 4. The smallest absolute Gasteiger partial charge is 0.256 e. The van der Waals surface area contributed by atoms with Crippen LogP contribution in [0.2, 0.25) is 5.02 Å². The molecule has 4 unspecified atom stereocenters. The summed E-state index contributed by atoms with van der Waals surface area (Å²) in [6.45, 7) is 10.4. The van der Waals surface area contributed by atoms with Crippen LogP contribution in [-0.2, 0) is 11.3 Å². The zero-order valence-electron chi connectivity index (χ0n) is 23.8. The van der Waals surface area contributed by atoms with E-state index >= 15 is 0 Å². The predicted molar refractivity (Wildman–Crippen MR) is 153 cm³/mol. The first kappa shape index (κ1) is 28.8. The van der Waals surface area contributed by atoms with Gasteiger partial charge in [-0.15, -0.1) is 0 Å². The Bertz CT molecular complexity index is 1290. The van der Waals surface area contributed by atoms with E-state index in [-0.39, 0.29) is 24.1 Å². The summed E-state index contributed by atoms with van der Waals surface area (Å²) in [4.78, 5) is 31.0. The molecule has 4 heterocycles. The summed E-state index contributed by atoms with van der Waals surface area (Å²) < 4.78 is 23.4. The Labute approximate surface area is 240 Å². The SMILES string of the molecule is CCC(CCCC1COc2c(Cl)cc(C(=O)NCc3c(OC)cc(C)[nH]c3=O)c(C)c2O1)N1CC2COCC2C1. The van der Waals surface area contributed by atoms with Gasteiger partial charge in [-0.25, -0.2) is 0 Å². The van der Waals surface area contributed by atoms with Crippen LogP contribution in [0.15, 0.2) is 16.9 Å². The number of methoxy groups -OCH3 is 1. The third-order valence-electron chi connectivity index (χ3n) is 8.58. The number of nitrogens with zero attached hydrogens (tertiary/aromatic N) is 1. The van der Waals surface area contributed by atoms with Crippen LogP contribution >= 0.6 is 11.6 Å². The molecule has 1 aromatic carbocycles. The maximum atomic E-state index is 13.2. The summed E-state index contributed by atoms with van der Waals surface area (Å²) in [5, 5.41) is 3.15. The van der Waals surface area contributed by atoms with Gasteiger partial charge in [-0.05, 0) is 51.7 Å². The lowest BCUT2D eigenvalue weighted by Crippen LogP contribution is -2.35. The van der Waals surface area contributed by atoms with Crippen LogP contribution in [-0.4, -0.2) is 68.0 Å². The lowest BCUT2D eigenvalue weighted by atomic mass is 10.0. The standard InChI is InChI=1S/C30H40ClN3O6/c1-5-21(34-12-19-14-38-15-20(19)13-34)7-6-8-22-16-39-28-25(31)10-23(18(3)27(28)40-22)29(35)32-11-24-26(37-4)9-17(2)33-30(24)36/h9-10,19-22H,5-8,11-16H2,1-4H3,(H,32,35)(H,33,36). The van der Waals surface area contributed by atoms with Crippen LogP contribution in [0.25, 0.3) is 0 Å². The third kappa shape index (κ3) is 5.97. The molecule has 2 N–H and O–H groups in total. The number of aryl methyl sites for hydroxylation is 1. The minimum absolute atomic E-state index is 0.00980. The number of carbonyl (C=O) groups excluding carboxylic acids is 1. The van der Waals surface area contributed by atoms with E-state index in [9.17, 15) is 9.59 Å². The molecule has 4 atom stereocenters. The fourth-order valence-electron chi connectivity index (χ4n) is 6.28. The maximum absolute atomic E-state index is 13.2. The van der Waals surface area contributed by atoms with Crippen molar-refractivity contribution >= 4 is 17.5 Å². The Hall–Kier alpha value is -2.75. The summed E-state index contributed by atoms with van der Waals surface area (Å²) in [6.07, 6.45) is 4.04. The highest BCUT2D eigenvalue weighted by atomic mass is 35.5. The van der Waals surface area contributed by atoms with E-state index in [4.69, 9.17) is 30.5 Å². The van der Waals surface area contributed by atoms with Crippen LogP contribution in [0.5, 0.6) is 17.2 Å². The molecule has 1 aromatic heterocycles. The first-order chi connectivity index (χ1) is 19.3. The van der Waals surface area contributed by atoms with Gasteiger partial charge in [0.1, 0.15) is 18.5 Å². The van der Waals surface area contributed by atoms with E-state index in [1.165, 1.54) is 7.11 Å². The van der Waals surface area contributed by atoms with Crippen LogP contribution < -0.4 is 25.1 Å². The molecule has 10 heteroatoms. The molecule has 0 radical (unpaired) electrons. The van der Waals surface area contributed by atoms with Crippen molar-refractivity contribution in [1.82, 2.24) is 15.2 Å². The van der Waals surface area contributed by atoms with E-state index in [1.807, 2.05) is 6.92 Å². The predicted octanol–water partition coefficient (Wildman–Crippen LogP) is 4.25. The summed E-state index contributed by atoms with van der Waals surface area (Å²) in [5.41, 5.74) is 1.76. The Morgan fingerprint density at radius 1 is 1.20 bits per heavy atom. The second-order valence-corrected chi connectivity index (χ2v) is 11.7. The van der Waals surface area contributed by atoms with Gasteiger partial charge in [0.15, 0.2) is 11.5 Å². The summed E-state index contributed by atoms with van der Waals surface area (Å²) in [6, 6.07) is 3.89. The molecule has 0 spiro atoms. The van der Waals surface area contributed by atoms with Crippen molar-refractivity contribution < 1.29 is 23.7 Å². The number of halogens is 1. The molecule has 0 aliphatic carbocycles. The van der Waals surface area contributed by atoms with E-state index in [0.29, 0.717) is 69.1 Å². The number of hydrogen-bond acceptors (Lipinski definition) is 7.